The molecule has 17 heavy (non-hydrogen) atoms. The summed E-state index contributed by atoms with van der Waals surface area (Å²) in [4.78, 5) is 4.79. The molecule has 1 aromatic carbocycles. The van der Waals surface area contributed by atoms with Crippen molar-refractivity contribution in [2.45, 2.75) is 26.8 Å². The lowest BCUT2D eigenvalue weighted by atomic mass is 9.87. The van der Waals surface area contributed by atoms with E-state index >= 15 is 0 Å². The van der Waals surface area contributed by atoms with Gasteiger partial charge in [-0.25, -0.2) is 0 Å². The van der Waals surface area contributed by atoms with Gasteiger partial charge in [0.05, 0.1) is 11.6 Å². The van der Waals surface area contributed by atoms with Crippen LogP contribution < -0.4 is 0 Å². The Labute approximate surface area is 107 Å². The molecule has 0 radical (unpaired) electrons. The van der Waals surface area contributed by atoms with Gasteiger partial charge in [-0.1, -0.05) is 55.4 Å². The number of hydrogen-bond acceptors (Lipinski definition) is 2. The fourth-order valence-corrected chi connectivity index (χ4v) is 3.84. The molecule has 1 aromatic rings. The third-order valence-corrected chi connectivity index (χ3v) is 4.68. The van der Waals surface area contributed by atoms with Crippen LogP contribution in [0.2, 0.25) is 0 Å². The summed E-state index contributed by atoms with van der Waals surface area (Å²) in [5.74, 6) is 1.18. The van der Waals surface area contributed by atoms with Crippen LogP contribution in [0.5, 0.6) is 0 Å². The lowest BCUT2D eigenvalue weighted by Crippen LogP contribution is -2.14. The number of nitrogens with zero attached hydrogens (tertiary/aromatic N) is 1. The summed E-state index contributed by atoms with van der Waals surface area (Å²) in [6.45, 7) is 5.42. The Balaban J connectivity index is 1.98. The molecule has 2 heterocycles. The Morgan fingerprint density at radius 2 is 2.00 bits per heavy atom. The number of thioether (sulfide) groups is 1. The summed E-state index contributed by atoms with van der Waals surface area (Å²) in [6, 6.07) is 8.73. The van der Waals surface area contributed by atoms with Crippen LogP contribution >= 0.6 is 11.8 Å². The van der Waals surface area contributed by atoms with Crippen molar-refractivity contribution in [2.75, 3.05) is 0 Å². The molecule has 0 bridgehead atoms. The minimum atomic E-state index is 0.545. The summed E-state index contributed by atoms with van der Waals surface area (Å²) in [5.41, 5.74) is 4.44. The van der Waals surface area contributed by atoms with Gasteiger partial charge in [0.2, 0.25) is 0 Å². The molecule has 0 amide bonds. The van der Waals surface area contributed by atoms with E-state index in [2.05, 4.69) is 43.5 Å². The standard InChI is InChI=1S/C15H17NS/c1-10(2)14-9-17-15-13(14)7-11-5-3-4-6-12(11)8-16-15/h3-6,9-10,13H,7-8H2,1-2H3. The monoisotopic (exact) mass is 243 g/mol. The summed E-state index contributed by atoms with van der Waals surface area (Å²) in [7, 11) is 0. The third-order valence-electron chi connectivity index (χ3n) is 3.63. The second-order valence-electron chi connectivity index (χ2n) is 5.07. The highest BCUT2D eigenvalue weighted by molar-refractivity contribution is 8.16. The molecule has 2 aliphatic rings. The molecule has 3 rings (SSSR count). The van der Waals surface area contributed by atoms with Gasteiger partial charge < -0.3 is 0 Å². The van der Waals surface area contributed by atoms with Crippen LogP contribution in [0.3, 0.4) is 0 Å². The average molecular weight is 243 g/mol. The smallest absolute Gasteiger partial charge is 0.0797 e. The number of aliphatic imine (C=N–C) groups is 1. The number of allylic oxidation sites excluding steroid dienone is 1. The predicted molar refractivity (Wildman–Crippen MR) is 75.3 cm³/mol. The van der Waals surface area contributed by atoms with E-state index in [9.17, 15) is 0 Å². The van der Waals surface area contributed by atoms with Crippen molar-refractivity contribution in [1.82, 2.24) is 0 Å². The molecule has 1 nitrogen and oxygen atoms in total. The third kappa shape index (κ3) is 1.95. The molecule has 2 aliphatic heterocycles. The van der Waals surface area contributed by atoms with Crippen molar-refractivity contribution < 1.29 is 0 Å². The molecule has 0 N–H and O–H groups in total. The first-order chi connectivity index (χ1) is 8.25. The van der Waals surface area contributed by atoms with E-state index in [1.165, 1.54) is 16.2 Å². The molecule has 0 saturated carbocycles. The molecular formula is C15H17NS. The van der Waals surface area contributed by atoms with Crippen molar-refractivity contribution >= 4 is 16.8 Å². The van der Waals surface area contributed by atoms with E-state index in [-0.39, 0.29) is 0 Å². The van der Waals surface area contributed by atoms with Crippen LogP contribution in [0, 0.1) is 11.8 Å². The zero-order chi connectivity index (χ0) is 11.8. The zero-order valence-electron chi connectivity index (χ0n) is 10.3. The Bertz CT molecular complexity index is 499. The van der Waals surface area contributed by atoms with Crippen LogP contribution in [0.1, 0.15) is 25.0 Å². The van der Waals surface area contributed by atoms with Crippen molar-refractivity contribution in [3.8, 4) is 0 Å². The molecule has 0 fully saturated rings. The van der Waals surface area contributed by atoms with Gasteiger partial charge in [0, 0.05) is 5.92 Å². The van der Waals surface area contributed by atoms with Crippen LogP contribution in [0.4, 0.5) is 0 Å². The van der Waals surface area contributed by atoms with Crippen LogP contribution in [0.25, 0.3) is 0 Å². The Kier molecular flexibility index (Phi) is 2.83. The molecule has 1 unspecified atom stereocenters. The van der Waals surface area contributed by atoms with Gasteiger partial charge in [0.25, 0.3) is 0 Å². The van der Waals surface area contributed by atoms with E-state index < -0.39 is 0 Å². The minimum Gasteiger partial charge on any atom is -0.277 e. The summed E-state index contributed by atoms with van der Waals surface area (Å²) >= 11 is 1.83. The topological polar surface area (TPSA) is 12.4 Å². The molecular weight excluding hydrogens is 226 g/mol. The predicted octanol–water partition coefficient (Wildman–Crippen LogP) is 4.04. The van der Waals surface area contributed by atoms with E-state index in [0.29, 0.717) is 11.8 Å². The van der Waals surface area contributed by atoms with Crippen molar-refractivity contribution in [2.24, 2.45) is 16.8 Å². The molecule has 0 aliphatic carbocycles. The number of hydrogen-bond donors (Lipinski definition) is 0. The fourth-order valence-electron chi connectivity index (χ4n) is 2.62. The maximum Gasteiger partial charge on any atom is 0.0797 e. The first kappa shape index (κ1) is 11.1. The molecule has 1 atom stereocenters. The molecule has 88 valence electrons. The normalized spacial score (nSPS) is 22.6. The maximum absolute atomic E-state index is 4.79. The highest BCUT2D eigenvalue weighted by Gasteiger charge is 2.30. The van der Waals surface area contributed by atoms with Gasteiger partial charge in [0.1, 0.15) is 0 Å². The maximum atomic E-state index is 4.79. The van der Waals surface area contributed by atoms with Gasteiger partial charge in [-0.15, -0.1) is 0 Å². The van der Waals surface area contributed by atoms with Crippen LogP contribution in [-0.4, -0.2) is 5.04 Å². The zero-order valence-corrected chi connectivity index (χ0v) is 11.1. The van der Waals surface area contributed by atoms with Crippen LogP contribution in [0.15, 0.2) is 40.2 Å². The SMILES string of the molecule is CC(C)C1=CSC2=NCc3ccccc3CC12. The Morgan fingerprint density at radius 1 is 1.24 bits per heavy atom. The largest absolute Gasteiger partial charge is 0.277 e. The summed E-state index contributed by atoms with van der Waals surface area (Å²) < 4.78 is 0. The Morgan fingerprint density at radius 3 is 2.76 bits per heavy atom. The van der Waals surface area contributed by atoms with Crippen molar-refractivity contribution in [3.05, 3.63) is 46.4 Å². The van der Waals surface area contributed by atoms with Gasteiger partial charge >= 0.3 is 0 Å². The highest BCUT2D eigenvalue weighted by atomic mass is 32.2. The number of fused-ring (bicyclic) bond motifs is 2. The van der Waals surface area contributed by atoms with Crippen LogP contribution in [-0.2, 0) is 13.0 Å². The lowest BCUT2D eigenvalue weighted by molar-refractivity contribution is 0.659. The number of benzene rings is 1. The Hall–Kier alpha value is -1.02. The first-order valence-electron chi connectivity index (χ1n) is 6.23. The van der Waals surface area contributed by atoms with E-state index in [0.717, 1.165) is 13.0 Å². The van der Waals surface area contributed by atoms with Crippen molar-refractivity contribution in [3.63, 3.8) is 0 Å². The molecule has 0 spiro atoms. The van der Waals surface area contributed by atoms with E-state index in [1.807, 2.05) is 11.8 Å². The van der Waals surface area contributed by atoms with E-state index in [1.54, 1.807) is 5.57 Å². The molecule has 0 aromatic heterocycles. The van der Waals surface area contributed by atoms with Crippen molar-refractivity contribution in [1.29, 1.82) is 0 Å². The minimum absolute atomic E-state index is 0.545. The fraction of sp³-hybridized carbons (Fsp3) is 0.400. The number of rotatable bonds is 1. The summed E-state index contributed by atoms with van der Waals surface area (Å²) in [5, 5.41) is 3.65. The second-order valence-corrected chi connectivity index (χ2v) is 5.96. The van der Waals surface area contributed by atoms with Gasteiger partial charge in [-0.2, -0.15) is 0 Å². The lowest BCUT2D eigenvalue weighted by Gasteiger charge is -2.17. The second kappa shape index (κ2) is 4.34. The molecule has 0 saturated heterocycles. The first-order valence-corrected chi connectivity index (χ1v) is 7.11. The quantitative estimate of drug-likeness (QED) is 0.725. The van der Waals surface area contributed by atoms with Gasteiger partial charge in [0.15, 0.2) is 0 Å². The highest BCUT2D eigenvalue weighted by Crippen LogP contribution is 2.39. The molecule has 2 heteroatoms. The van der Waals surface area contributed by atoms with Gasteiger partial charge in [-0.05, 0) is 28.9 Å². The summed E-state index contributed by atoms with van der Waals surface area (Å²) in [6.07, 6.45) is 1.13. The van der Waals surface area contributed by atoms with Gasteiger partial charge in [-0.3, -0.25) is 4.99 Å². The van der Waals surface area contributed by atoms with E-state index in [4.69, 9.17) is 4.99 Å². The average Bonchev–Trinajstić information content (AvgIpc) is 2.63.